The lowest BCUT2D eigenvalue weighted by molar-refractivity contribution is 0.416. The van der Waals surface area contributed by atoms with E-state index in [1.54, 1.807) is 7.11 Å². The van der Waals surface area contributed by atoms with Crippen molar-refractivity contribution in [1.82, 2.24) is 9.36 Å². The van der Waals surface area contributed by atoms with E-state index in [2.05, 4.69) is 9.36 Å². The Hall–Kier alpha value is -1.46. The molecule has 0 aliphatic carbocycles. The van der Waals surface area contributed by atoms with Gasteiger partial charge < -0.3 is 10.5 Å². The van der Waals surface area contributed by atoms with Crippen LogP contribution in [0, 0.1) is 0 Å². The van der Waals surface area contributed by atoms with Crippen molar-refractivity contribution in [3.05, 3.63) is 30.1 Å². The fraction of sp³-hybridized carbons (Fsp3) is 0.273. The van der Waals surface area contributed by atoms with Crippen LogP contribution < -0.4 is 10.5 Å². The maximum Gasteiger partial charge on any atom is 0.159 e. The number of ether oxygens (including phenoxy) is 1. The molecule has 0 aliphatic heterocycles. The van der Waals surface area contributed by atoms with Crippen LogP contribution in [0.2, 0.25) is 0 Å². The Kier molecular flexibility index (Phi) is 3.17. The van der Waals surface area contributed by atoms with Crippen LogP contribution in [0.25, 0.3) is 10.6 Å². The summed E-state index contributed by atoms with van der Waals surface area (Å²) in [5, 5.41) is 0.838. The summed E-state index contributed by atoms with van der Waals surface area (Å²) in [5.41, 5.74) is 6.68. The summed E-state index contributed by atoms with van der Waals surface area (Å²) in [5.74, 6) is 1.47. The number of nitrogens with zero attached hydrogens (tertiary/aromatic N) is 2. The first-order valence-electron chi connectivity index (χ1n) is 4.95. The van der Waals surface area contributed by atoms with Gasteiger partial charge in [-0.15, -0.1) is 0 Å². The van der Waals surface area contributed by atoms with Crippen molar-refractivity contribution < 1.29 is 4.74 Å². The van der Waals surface area contributed by atoms with Crippen molar-refractivity contribution in [2.45, 2.75) is 13.0 Å². The summed E-state index contributed by atoms with van der Waals surface area (Å²) in [6.45, 7) is 1.87. The first-order chi connectivity index (χ1) is 7.72. The van der Waals surface area contributed by atoms with Gasteiger partial charge in [0, 0.05) is 0 Å². The molecule has 2 N–H and O–H groups in total. The minimum Gasteiger partial charge on any atom is -0.496 e. The molecule has 84 valence electrons. The number of methoxy groups -OCH3 is 1. The largest absolute Gasteiger partial charge is 0.496 e. The van der Waals surface area contributed by atoms with E-state index in [4.69, 9.17) is 10.5 Å². The Labute approximate surface area is 98.3 Å². The quantitative estimate of drug-likeness (QED) is 0.886. The van der Waals surface area contributed by atoms with Gasteiger partial charge in [-0.3, -0.25) is 0 Å². The first kappa shape index (κ1) is 11.0. The van der Waals surface area contributed by atoms with Crippen molar-refractivity contribution in [2.24, 2.45) is 5.73 Å². The molecule has 0 saturated heterocycles. The van der Waals surface area contributed by atoms with Gasteiger partial charge in [-0.1, -0.05) is 12.1 Å². The number of rotatable bonds is 3. The molecule has 0 bridgehead atoms. The number of aromatic nitrogens is 2. The topological polar surface area (TPSA) is 61.0 Å². The molecule has 4 nitrogen and oxygen atoms in total. The first-order valence-corrected chi connectivity index (χ1v) is 5.72. The third-order valence-electron chi connectivity index (χ3n) is 2.19. The van der Waals surface area contributed by atoms with Gasteiger partial charge in [0.1, 0.15) is 10.8 Å². The highest BCUT2D eigenvalue weighted by Gasteiger charge is 2.12. The number of para-hydroxylation sites is 1. The molecule has 2 aromatic rings. The lowest BCUT2D eigenvalue weighted by atomic mass is 10.2. The molecule has 16 heavy (non-hydrogen) atoms. The second-order valence-electron chi connectivity index (χ2n) is 3.45. The highest BCUT2D eigenvalue weighted by atomic mass is 32.1. The SMILES string of the molecule is COc1ccccc1-c1nc(C(C)N)ns1. The van der Waals surface area contributed by atoms with Gasteiger partial charge in [0.25, 0.3) is 0 Å². The monoisotopic (exact) mass is 235 g/mol. The van der Waals surface area contributed by atoms with Crippen molar-refractivity contribution in [1.29, 1.82) is 0 Å². The van der Waals surface area contributed by atoms with Crippen molar-refractivity contribution in [3.8, 4) is 16.3 Å². The number of hydrogen-bond acceptors (Lipinski definition) is 5. The maximum absolute atomic E-state index is 5.73. The summed E-state index contributed by atoms with van der Waals surface area (Å²) in [6.07, 6.45) is 0. The van der Waals surface area contributed by atoms with Crippen molar-refractivity contribution in [2.75, 3.05) is 7.11 Å². The third kappa shape index (κ3) is 2.05. The molecule has 0 saturated carbocycles. The molecular formula is C11H13N3OS. The van der Waals surface area contributed by atoms with Crippen LogP contribution in [0.5, 0.6) is 5.75 Å². The Morgan fingerprint density at radius 3 is 2.75 bits per heavy atom. The summed E-state index contributed by atoms with van der Waals surface area (Å²) in [7, 11) is 1.65. The summed E-state index contributed by atoms with van der Waals surface area (Å²) >= 11 is 1.34. The van der Waals surface area contributed by atoms with Crippen molar-refractivity contribution >= 4 is 11.5 Å². The molecule has 0 spiro atoms. The maximum atomic E-state index is 5.73. The number of hydrogen-bond donors (Lipinski definition) is 1. The van der Waals surface area contributed by atoms with E-state index >= 15 is 0 Å². The molecule has 0 fully saturated rings. The van der Waals surface area contributed by atoms with E-state index in [1.807, 2.05) is 31.2 Å². The molecule has 1 aromatic carbocycles. The third-order valence-corrected chi connectivity index (χ3v) is 2.95. The highest BCUT2D eigenvalue weighted by Crippen LogP contribution is 2.31. The van der Waals surface area contributed by atoms with Crippen LogP contribution in [0.3, 0.4) is 0 Å². The van der Waals surface area contributed by atoms with Gasteiger partial charge >= 0.3 is 0 Å². The Bertz CT molecular complexity index is 482. The fourth-order valence-electron chi connectivity index (χ4n) is 1.35. The Morgan fingerprint density at radius 1 is 1.38 bits per heavy atom. The fourth-order valence-corrected chi connectivity index (χ4v) is 2.14. The predicted molar refractivity (Wildman–Crippen MR) is 64.5 cm³/mol. The predicted octanol–water partition coefficient (Wildman–Crippen LogP) is 2.23. The van der Waals surface area contributed by atoms with Crippen LogP contribution in [0.1, 0.15) is 18.8 Å². The van der Waals surface area contributed by atoms with E-state index < -0.39 is 0 Å². The zero-order valence-electron chi connectivity index (χ0n) is 9.18. The van der Waals surface area contributed by atoms with Crippen LogP contribution in [0.15, 0.2) is 24.3 Å². The van der Waals surface area contributed by atoms with Gasteiger partial charge in [-0.05, 0) is 30.6 Å². The van der Waals surface area contributed by atoms with Crippen LogP contribution in [-0.2, 0) is 0 Å². The summed E-state index contributed by atoms with van der Waals surface area (Å²) in [4.78, 5) is 4.39. The number of nitrogens with two attached hydrogens (primary N) is 1. The smallest absolute Gasteiger partial charge is 0.159 e. The van der Waals surface area contributed by atoms with Gasteiger partial charge in [0.15, 0.2) is 5.82 Å². The molecule has 1 aromatic heterocycles. The zero-order chi connectivity index (χ0) is 11.5. The molecule has 2 rings (SSSR count). The van der Waals surface area contributed by atoms with E-state index in [0.29, 0.717) is 5.82 Å². The minimum atomic E-state index is -0.139. The molecule has 1 unspecified atom stereocenters. The van der Waals surface area contributed by atoms with Crippen LogP contribution in [0.4, 0.5) is 0 Å². The van der Waals surface area contributed by atoms with E-state index in [1.165, 1.54) is 11.5 Å². The van der Waals surface area contributed by atoms with Crippen molar-refractivity contribution in [3.63, 3.8) is 0 Å². The molecule has 0 aliphatic rings. The molecule has 0 radical (unpaired) electrons. The van der Waals surface area contributed by atoms with Crippen LogP contribution in [-0.4, -0.2) is 16.5 Å². The lowest BCUT2D eigenvalue weighted by Gasteiger charge is -2.04. The summed E-state index contributed by atoms with van der Waals surface area (Å²) < 4.78 is 9.49. The Morgan fingerprint density at radius 2 is 2.12 bits per heavy atom. The zero-order valence-corrected chi connectivity index (χ0v) is 9.99. The molecule has 1 atom stereocenters. The second kappa shape index (κ2) is 4.59. The molecule has 5 heteroatoms. The van der Waals surface area contributed by atoms with Gasteiger partial charge in [0.2, 0.25) is 0 Å². The van der Waals surface area contributed by atoms with E-state index in [9.17, 15) is 0 Å². The van der Waals surface area contributed by atoms with Gasteiger partial charge in [0.05, 0.1) is 18.7 Å². The molecule has 0 amide bonds. The van der Waals surface area contributed by atoms with E-state index in [-0.39, 0.29) is 6.04 Å². The van der Waals surface area contributed by atoms with Gasteiger partial charge in [-0.2, -0.15) is 4.37 Å². The Balaban J connectivity index is 2.42. The highest BCUT2D eigenvalue weighted by molar-refractivity contribution is 7.09. The van der Waals surface area contributed by atoms with Crippen LogP contribution >= 0.6 is 11.5 Å². The second-order valence-corrected chi connectivity index (χ2v) is 4.20. The molecule has 1 heterocycles. The van der Waals surface area contributed by atoms with E-state index in [0.717, 1.165) is 16.3 Å². The number of benzene rings is 1. The minimum absolute atomic E-state index is 0.139. The summed E-state index contributed by atoms with van der Waals surface area (Å²) in [6, 6.07) is 7.60. The standard InChI is InChI=1S/C11H13N3OS/c1-7(12)10-13-11(16-14-10)8-5-3-4-6-9(8)15-2/h3-7H,12H2,1-2H3. The lowest BCUT2D eigenvalue weighted by Crippen LogP contribution is -2.06. The average Bonchev–Trinajstić information content (AvgIpc) is 2.78. The van der Waals surface area contributed by atoms with Gasteiger partial charge in [-0.25, -0.2) is 4.98 Å². The average molecular weight is 235 g/mol. The normalized spacial score (nSPS) is 12.4. The molecular weight excluding hydrogens is 222 g/mol.